The van der Waals surface area contributed by atoms with E-state index in [0.29, 0.717) is 0 Å². The van der Waals surface area contributed by atoms with Crippen LogP contribution in [0.1, 0.15) is 26.2 Å². The predicted octanol–water partition coefficient (Wildman–Crippen LogP) is 1.44. The highest BCUT2D eigenvalue weighted by atomic mass is 32.2. The Hall–Kier alpha value is -0.560. The SMILES string of the molecule is CCS(=O)(=O)CCCC(=O)CCOCC(F)F. The summed E-state index contributed by atoms with van der Waals surface area (Å²) >= 11 is 0. The molecule has 0 aliphatic carbocycles. The second-order valence-corrected chi connectivity index (χ2v) is 6.07. The molecule has 102 valence electrons. The first kappa shape index (κ1) is 16.4. The van der Waals surface area contributed by atoms with Gasteiger partial charge in [-0.1, -0.05) is 6.92 Å². The third-order valence-electron chi connectivity index (χ3n) is 2.12. The number of Topliss-reactive ketones (excluding diaryl/α,β-unsaturated/α-hetero) is 1. The molecule has 0 aliphatic heterocycles. The average molecular weight is 272 g/mol. The van der Waals surface area contributed by atoms with Gasteiger partial charge in [-0.2, -0.15) is 0 Å². The van der Waals surface area contributed by atoms with Crippen molar-refractivity contribution in [1.29, 1.82) is 0 Å². The summed E-state index contributed by atoms with van der Waals surface area (Å²) in [5.74, 6) is -0.100. The van der Waals surface area contributed by atoms with Crippen LogP contribution in [0.15, 0.2) is 0 Å². The number of carbonyl (C=O) groups is 1. The van der Waals surface area contributed by atoms with Crippen LogP contribution < -0.4 is 0 Å². The minimum atomic E-state index is -3.03. The summed E-state index contributed by atoms with van der Waals surface area (Å²) in [6.07, 6.45) is -2.04. The molecule has 0 N–H and O–H groups in total. The molecule has 0 aliphatic rings. The van der Waals surface area contributed by atoms with Crippen LogP contribution in [0.2, 0.25) is 0 Å². The molecule has 0 amide bonds. The number of ketones is 1. The number of rotatable bonds is 10. The Bertz CT molecular complexity index is 314. The van der Waals surface area contributed by atoms with Gasteiger partial charge in [0.2, 0.25) is 0 Å². The number of hydrogen-bond donors (Lipinski definition) is 0. The molecule has 0 rings (SSSR count). The average Bonchev–Trinajstić information content (AvgIpc) is 2.24. The van der Waals surface area contributed by atoms with Crippen LogP contribution in [0.5, 0.6) is 0 Å². The molecule has 0 aromatic heterocycles. The van der Waals surface area contributed by atoms with Crippen LogP contribution in [0, 0.1) is 0 Å². The Morgan fingerprint density at radius 1 is 1.29 bits per heavy atom. The fourth-order valence-electron chi connectivity index (χ4n) is 1.12. The van der Waals surface area contributed by atoms with E-state index in [4.69, 9.17) is 0 Å². The van der Waals surface area contributed by atoms with Gasteiger partial charge < -0.3 is 4.74 Å². The second kappa shape index (κ2) is 8.52. The fourth-order valence-corrected chi connectivity index (χ4v) is 1.99. The number of halogens is 2. The minimum absolute atomic E-state index is 0.00681. The Labute approximate surface area is 100 Å². The zero-order valence-corrected chi connectivity index (χ0v) is 10.6. The molecule has 0 saturated heterocycles. The van der Waals surface area contributed by atoms with E-state index in [1.165, 1.54) is 0 Å². The standard InChI is InChI=1S/C10H18F2O4S/c1-2-17(14,15)7-3-4-9(13)5-6-16-8-10(11)12/h10H,2-8H2,1H3. The molecule has 7 heteroatoms. The molecule has 4 nitrogen and oxygen atoms in total. The molecule has 0 radical (unpaired) electrons. The zero-order chi connectivity index (χ0) is 13.3. The molecule has 17 heavy (non-hydrogen) atoms. The summed E-state index contributed by atoms with van der Waals surface area (Å²) in [6.45, 7) is 0.844. The van der Waals surface area contributed by atoms with Crippen molar-refractivity contribution in [2.75, 3.05) is 24.7 Å². The van der Waals surface area contributed by atoms with Crippen LogP contribution in [-0.2, 0) is 19.4 Å². The first-order valence-electron chi connectivity index (χ1n) is 5.45. The van der Waals surface area contributed by atoms with Crippen LogP contribution >= 0.6 is 0 Å². The fraction of sp³-hybridized carbons (Fsp3) is 0.900. The van der Waals surface area contributed by atoms with Gasteiger partial charge in [-0.05, 0) is 6.42 Å². The van der Waals surface area contributed by atoms with Crippen molar-refractivity contribution in [2.24, 2.45) is 0 Å². The Balaban J connectivity index is 3.54. The lowest BCUT2D eigenvalue weighted by Gasteiger charge is -2.03. The third kappa shape index (κ3) is 10.3. The van der Waals surface area contributed by atoms with E-state index in [9.17, 15) is 22.0 Å². The van der Waals surface area contributed by atoms with E-state index < -0.39 is 22.9 Å². The van der Waals surface area contributed by atoms with Crippen molar-refractivity contribution >= 4 is 15.6 Å². The quantitative estimate of drug-likeness (QED) is 0.565. The summed E-state index contributed by atoms with van der Waals surface area (Å²) in [4.78, 5) is 11.2. The number of alkyl halides is 2. The summed E-state index contributed by atoms with van der Waals surface area (Å²) in [5.41, 5.74) is 0. The van der Waals surface area contributed by atoms with Gasteiger partial charge in [0.05, 0.1) is 12.4 Å². The predicted molar refractivity (Wildman–Crippen MR) is 60.0 cm³/mol. The first-order chi connectivity index (χ1) is 7.87. The Morgan fingerprint density at radius 3 is 2.47 bits per heavy atom. The van der Waals surface area contributed by atoms with Crippen LogP contribution in [-0.4, -0.2) is 45.3 Å². The minimum Gasteiger partial charge on any atom is -0.375 e. The van der Waals surface area contributed by atoms with Crippen LogP contribution in [0.4, 0.5) is 8.78 Å². The van der Waals surface area contributed by atoms with E-state index in [0.717, 1.165) is 0 Å². The van der Waals surface area contributed by atoms with E-state index in [2.05, 4.69) is 4.74 Å². The molecule has 0 aromatic carbocycles. The van der Waals surface area contributed by atoms with Gasteiger partial charge in [0.15, 0.2) is 0 Å². The first-order valence-corrected chi connectivity index (χ1v) is 7.27. The number of hydrogen-bond acceptors (Lipinski definition) is 4. The highest BCUT2D eigenvalue weighted by molar-refractivity contribution is 7.91. The Morgan fingerprint density at radius 2 is 1.94 bits per heavy atom. The lowest BCUT2D eigenvalue weighted by Crippen LogP contribution is -2.12. The van der Waals surface area contributed by atoms with Crippen molar-refractivity contribution in [3.05, 3.63) is 0 Å². The van der Waals surface area contributed by atoms with Gasteiger partial charge in [0.25, 0.3) is 6.43 Å². The largest absolute Gasteiger partial charge is 0.375 e. The van der Waals surface area contributed by atoms with Crippen molar-refractivity contribution < 1.29 is 26.7 Å². The van der Waals surface area contributed by atoms with Gasteiger partial charge in [-0.15, -0.1) is 0 Å². The molecule has 0 aromatic rings. The van der Waals surface area contributed by atoms with Gasteiger partial charge in [-0.25, -0.2) is 17.2 Å². The van der Waals surface area contributed by atoms with Crippen molar-refractivity contribution in [2.45, 2.75) is 32.6 Å². The van der Waals surface area contributed by atoms with E-state index in [1.807, 2.05) is 0 Å². The molecular weight excluding hydrogens is 254 g/mol. The topological polar surface area (TPSA) is 60.4 Å². The molecule has 0 saturated carbocycles. The number of sulfone groups is 1. The van der Waals surface area contributed by atoms with Crippen LogP contribution in [0.3, 0.4) is 0 Å². The molecule has 0 heterocycles. The third-order valence-corrected chi connectivity index (χ3v) is 3.91. The summed E-state index contributed by atoms with van der Waals surface area (Å²) < 4.78 is 50.0. The molecule has 0 bridgehead atoms. The van der Waals surface area contributed by atoms with E-state index >= 15 is 0 Å². The van der Waals surface area contributed by atoms with E-state index in [1.54, 1.807) is 6.92 Å². The van der Waals surface area contributed by atoms with Crippen LogP contribution in [0.25, 0.3) is 0 Å². The molecule has 0 spiro atoms. The van der Waals surface area contributed by atoms with Gasteiger partial charge in [0, 0.05) is 18.6 Å². The van der Waals surface area contributed by atoms with Crippen molar-refractivity contribution in [1.82, 2.24) is 0 Å². The van der Waals surface area contributed by atoms with Gasteiger partial charge in [0.1, 0.15) is 22.2 Å². The second-order valence-electron chi connectivity index (χ2n) is 3.59. The lowest BCUT2D eigenvalue weighted by atomic mass is 10.2. The van der Waals surface area contributed by atoms with Gasteiger partial charge >= 0.3 is 0 Å². The summed E-state index contributed by atoms with van der Waals surface area (Å²) in [7, 11) is -3.03. The maximum atomic E-state index is 11.7. The smallest absolute Gasteiger partial charge is 0.261 e. The molecule has 0 unspecified atom stereocenters. The maximum Gasteiger partial charge on any atom is 0.261 e. The van der Waals surface area contributed by atoms with Crippen molar-refractivity contribution in [3.8, 4) is 0 Å². The van der Waals surface area contributed by atoms with Crippen molar-refractivity contribution in [3.63, 3.8) is 0 Å². The highest BCUT2D eigenvalue weighted by Crippen LogP contribution is 2.01. The molecule has 0 atom stereocenters. The highest BCUT2D eigenvalue weighted by Gasteiger charge is 2.09. The summed E-state index contributed by atoms with van der Waals surface area (Å²) in [5, 5.41) is 0. The van der Waals surface area contributed by atoms with E-state index in [-0.39, 0.29) is 43.2 Å². The molecule has 0 fully saturated rings. The molecular formula is C10H18F2O4S. The number of carbonyl (C=O) groups excluding carboxylic acids is 1. The maximum absolute atomic E-state index is 11.7. The normalized spacial score (nSPS) is 12.0. The Kier molecular flexibility index (Phi) is 8.24. The lowest BCUT2D eigenvalue weighted by molar-refractivity contribution is -0.120. The summed E-state index contributed by atoms with van der Waals surface area (Å²) in [6, 6.07) is 0. The number of ether oxygens (including phenoxy) is 1. The monoisotopic (exact) mass is 272 g/mol. The zero-order valence-electron chi connectivity index (χ0n) is 9.82. The van der Waals surface area contributed by atoms with Gasteiger partial charge in [-0.3, -0.25) is 4.79 Å².